The number of hydrogen-bond donors (Lipinski definition) is 0. The van der Waals surface area contributed by atoms with E-state index in [1.807, 2.05) is 18.5 Å². The zero-order valence-corrected chi connectivity index (χ0v) is 14.2. The molecule has 0 bridgehead atoms. The van der Waals surface area contributed by atoms with Gasteiger partial charge in [-0.1, -0.05) is 17.7 Å². The maximum absolute atomic E-state index is 12.7. The number of nitrogens with zero attached hydrogens (tertiary/aromatic N) is 5. The van der Waals surface area contributed by atoms with Crippen LogP contribution in [0.3, 0.4) is 0 Å². The average molecular weight is 323 g/mol. The van der Waals surface area contributed by atoms with Crippen LogP contribution in [0.4, 0.5) is 5.69 Å². The predicted octanol–water partition coefficient (Wildman–Crippen LogP) is 2.50. The summed E-state index contributed by atoms with van der Waals surface area (Å²) in [6, 6.07) is 8.65. The lowest BCUT2D eigenvalue weighted by atomic mass is 10.2. The summed E-state index contributed by atoms with van der Waals surface area (Å²) in [4.78, 5) is 19.8. The number of rotatable bonds is 2. The summed E-state index contributed by atoms with van der Waals surface area (Å²) in [6.45, 7) is 8.27. The molecule has 2 aromatic heterocycles. The molecule has 6 heteroatoms. The van der Waals surface area contributed by atoms with E-state index in [0.717, 1.165) is 12.4 Å². The van der Waals surface area contributed by atoms with E-state index in [1.54, 1.807) is 10.8 Å². The molecule has 0 aliphatic carbocycles. The molecule has 3 aromatic rings. The summed E-state index contributed by atoms with van der Waals surface area (Å²) in [5, 5.41) is 4.95. The SMILES string of the molecule is Cc1ccc(N2CCn3c(nc4c(cnn4C(C)C)c3=O)C2)cc1. The summed E-state index contributed by atoms with van der Waals surface area (Å²) < 4.78 is 3.61. The number of hydrogen-bond acceptors (Lipinski definition) is 4. The quantitative estimate of drug-likeness (QED) is 0.727. The van der Waals surface area contributed by atoms with Crippen LogP contribution in [0.5, 0.6) is 0 Å². The van der Waals surface area contributed by atoms with Crippen LogP contribution in [-0.2, 0) is 13.1 Å². The van der Waals surface area contributed by atoms with Gasteiger partial charge in [0.25, 0.3) is 5.56 Å². The fraction of sp³-hybridized carbons (Fsp3) is 0.389. The van der Waals surface area contributed by atoms with E-state index in [-0.39, 0.29) is 11.6 Å². The third-order valence-electron chi connectivity index (χ3n) is 4.61. The van der Waals surface area contributed by atoms with E-state index in [1.165, 1.54) is 11.3 Å². The topological polar surface area (TPSA) is 56.0 Å². The van der Waals surface area contributed by atoms with Crippen LogP contribution in [0.1, 0.15) is 31.3 Å². The number of anilines is 1. The minimum absolute atomic E-state index is 0.0189. The average Bonchev–Trinajstić information content (AvgIpc) is 2.99. The molecular formula is C18H21N5O. The molecule has 0 saturated heterocycles. The van der Waals surface area contributed by atoms with Crippen molar-refractivity contribution in [2.45, 2.75) is 39.9 Å². The van der Waals surface area contributed by atoms with Gasteiger partial charge in [0.2, 0.25) is 0 Å². The first-order valence-electron chi connectivity index (χ1n) is 8.33. The maximum atomic E-state index is 12.7. The second-order valence-electron chi connectivity index (χ2n) is 6.66. The summed E-state index contributed by atoms with van der Waals surface area (Å²) in [6.07, 6.45) is 1.64. The molecule has 0 fully saturated rings. The highest BCUT2D eigenvalue weighted by Crippen LogP contribution is 2.21. The first-order valence-corrected chi connectivity index (χ1v) is 8.33. The van der Waals surface area contributed by atoms with Crippen LogP contribution in [0, 0.1) is 6.92 Å². The van der Waals surface area contributed by atoms with Gasteiger partial charge in [0.15, 0.2) is 5.65 Å². The van der Waals surface area contributed by atoms with Crippen LogP contribution in [0.25, 0.3) is 11.0 Å². The molecule has 0 atom stereocenters. The van der Waals surface area contributed by atoms with E-state index in [9.17, 15) is 4.79 Å². The van der Waals surface area contributed by atoms with Crippen molar-refractivity contribution >= 4 is 16.7 Å². The Morgan fingerprint density at radius 3 is 2.58 bits per heavy atom. The van der Waals surface area contributed by atoms with E-state index in [2.05, 4.69) is 41.2 Å². The number of aryl methyl sites for hydroxylation is 1. The molecule has 0 unspecified atom stereocenters. The van der Waals surface area contributed by atoms with Crippen molar-refractivity contribution in [2.75, 3.05) is 11.4 Å². The van der Waals surface area contributed by atoms with Crippen LogP contribution in [0.2, 0.25) is 0 Å². The van der Waals surface area contributed by atoms with E-state index < -0.39 is 0 Å². The van der Waals surface area contributed by atoms with Crippen molar-refractivity contribution in [1.29, 1.82) is 0 Å². The fourth-order valence-electron chi connectivity index (χ4n) is 3.24. The predicted molar refractivity (Wildman–Crippen MR) is 94.4 cm³/mol. The van der Waals surface area contributed by atoms with Crippen molar-refractivity contribution in [2.24, 2.45) is 0 Å². The zero-order valence-electron chi connectivity index (χ0n) is 14.2. The van der Waals surface area contributed by atoms with Crippen molar-refractivity contribution in [3.63, 3.8) is 0 Å². The number of fused-ring (bicyclic) bond motifs is 2. The minimum atomic E-state index is 0.0189. The van der Waals surface area contributed by atoms with Gasteiger partial charge in [-0.3, -0.25) is 9.36 Å². The standard InChI is InChI=1S/C18H21N5O/c1-12(2)23-17-15(10-19-23)18(24)22-9-8-21(11-16(22)20-17)14-6-4-13(3)5-7-14/h4-7,10,12H,8-9,11H2,1-3H3. The molecule has 24 heavy (non-hydrogen) atoms. The van der Waals surface area contributed by atoms with Gasteiger partial charge in [0.1, 0.15) is 11.2 Å². The van der Waals surface area contributed by atoms with Gasteiger partial charge in [0, 0.05) is 24.8 Å². The Balaban J connectivity index is 1.78. The fourth-order valence-corrected chi connectivity index (χ4v) is 3.24. The number of benzene rings is 1. The van der Waals surface area contributed by atoms with Crippen LogP contribution in [-0.4, -0.2) is 25.9 Å². The Bertz CT molecular complexity index is 952. The molecule has 1 aromatic carbocycles. The number of aromatic nitrogens is 4. The lowest BCUT2D eigenvalue weighted by Gasteiger charge is -2.31. The minimum Gasteiger partial charge on any atom is -0.362 e. The molecule has 0 saturated carbocycles. The Kier molecular flexibility index (Phi) is 3.40. The zero-order chi connectivity index (χ0) is 16.8. The van der Waals surface area contributed by atoms with Gasteiger partial charge in [-0.15, -0.1) is 0 Å². The highest BCUT2D eigenvalue weighted by molar-refractivity contribution is 5.73. The molecule has 0 N–H and O–H groups in total. The molecule has 1 aliphatic heterocycles. The highest BCUT2D eigenvalue weighted by atomic mass is 16.1. The van der Waals surface area contributed by atoms with Gasteiger partial charge >= 0.3 is 0 Å². The summed E-state index contributed by atoms with van der Waals surface area (Å²) in [7, 11) is 0. The monoisotopic (exact) mass is 323 g/mol. The van der Waals surface area contributed by atoms with E-state index in [4.69, 9.17) is 4.98 Å². The molecule has 0 amide bonds. The van der Waals surface area contributed by atoms with Gasteiger partial charge in [-0.05, 0) is 32.9 Å². The first-order chi connectivity index (χ1) is 11.5. The lowest BCUT2D eigenvalue weighted by molar-refractivity contribution is 0.522. The molecule has 0 radical (unpaired) electrons. The Labute approximate surface area is 140 Å². The smallest absolute Gasteiger partial charge is 0.264 e. The molecule has 6 nitrogen and oxygen atoms in total. The summed E-state index contributed by atoms with van der Waals surface area (Å²) >= 11 is 0. The van der Waals surface area contributed by atoms with Crippen LogP contribution < -0.4 is 10.5 Å². The summed E-state index contributed by atoms with van der Waals surface area (Å²) in [5.74, 6) is 0.807. The molecule has 124 valence electrons. The molecule has 1 aliphatic rings. The van der Waals surface area contributed by atoms with Gasteiger partial charge in [0.05, 0.1) is 12.7 Å². The molecule has 4 rings (SSSR count). The van der Waals surface area contributed by atoms with Crippen molar-refractivity contribution in [1.82, 2.24) is 19.3 Å². The normalized spacial score (nSPS) is 14.4. The van der Waals surface area contributed by atoms with Crippen molar-refractivity contribution < 1.29 is 0 Å². The van der Waals surface area contributed by atoms with Crippen molar-refractivity contribution in [3.8, 4) is 0 Å². The summed E-state index contributed by atoms with van der Waals surface area (Å²) in [5.41, 5.74) is 3.11. The van der Waals surface area contributed by atoms with E-state index >= 15 is 0 Å². The van der Waals surface area contributed by atoms with Crippen LogP contribution >= 0.6 is 0 Å². The van der Waals surface area contributed by atoms with Gasteiger partial charge < -0.3 is 4.90 Å². The second-order valence-corrected chi connectivity index (χ2v) is 6.66. The first kappa shape index (κ1) is 14.9. The molecular weight excluding hydrogens is 302 g/mol. The molecule has 0 spiro atoms. The second kappa shape index (κ2) is 5.47. The molecule has 3 heterocycles. The third-order valence-corrected chi connectivity index (χ3v) is 4.61. The largest absolute Gasteiger partial charge is 0.362 e. The maximum Gasteiger partial charge on any atom is 0.264 e. The van der Waals surface area contributed by atoms with Crippen molar-refractivity contribution in [3.05, 3.63) is 52.2 Å². The van der Waals surface area contributed by atoms with Crippen LogP contribution in [0.15, 0.2) is 35.3 Å². The Morgan fingerprint density at radius 1 is 1.12 bits per heavy atom. The lowest BCUT2D eigenvalue weighted by Crippen LogP contribution is -2.40. The Morgan fingerprint density at radius 2 is 1.88 bits per heavy atom. The van der Waals surface area contributed by atoms with E-state index in [0.29, 0.717) is 24.1 Å². The Hall–Kier alpha value is -2.63. The third kappa shape index (κ3) is 2.29. The van der Waals surface area contributed by atoms with Gasteiger partial charge in [-0.25, -0.2) is 9.67 Å². The highest BCUT2D eigenvalue weighted by Gasteiger charge is 2.22. The van der Waals surface area contributed by atoms with Gasteiger partial charge in [-0.2, -0.15) is 5.10 Å².